The molecular weight excluding hydrogens is 651 g/mol. The third-order valence-corrected chi connectivity index (χ3v) is 12.6. The van der Waals surface area contributed by atoms with Gasteiger partial charge in [0.05, 0.1) is 0 Å². The Morgan fingerprint density at radius 1 is 0.463 bits per heavy atom. The Balaban J connectivity index is 1.25. The molecule has 1 heteroatoms. The number of aryl methyl sites for hydroxylation is 1. The van der Waals surface area contributed by atoms with Crippen LogP contribution in [0.3, 0.4) is 0 Å². The monoisotopic (exact) mass is 699 g/mol. The van der Waals surface area contributed by atoms with Crippen LogP contribution in [0.15, 0.2) is 176 Å². The number of fused-ring (bicyclic) bond motifs is 4. The summed E-state index contributed by atoms with van der Waals surface area (Å²) in [5, 5.41) is 0. The summed E-state index contributed by atoms with van der Waals surface area (Å²) in [5.74, 6) is 0.423. The molecule has 0 fully saturated rings. The number of hydrogen-bond donors (Lipinski definition) is 0. The number of anilines is 3. The van der Waals surface area contributed by atoms with E-state index in [4.69, 9.17) is 0 Å². The average Bonchev–Trinajstić information content (AvgIpc) is 3.49. The minimum Gasteiger partial charge on any atom is -0.310 e. The molecule has 2 aliphatic rings. The molecule has 1 unspecified atom stereocenters. The normalized spacial score (nSPS) is 16.9. The molecule has 7 aromatic carbocycles. The smallest absolute Gasteiger partial charge is 0.0479 e. The van der Waals surface area contributed by atoms with Gasteiger partial charge in [-0.1, -0.05) is 173 Å². The molecule has 0 radical (unpaired) electrons. The van der Waals surface area contributed by atoms with Gasteiger partial charge in [-0.25, -0.2) is 0 Å². The van der Waals surface area contributed by atoms with Crippen LogP contribution in [0.2, 0.25) is 0 Å². The Hall–Kier alpha value is -5.66. The van der Waals surface area contributed by atoms with Gasteiger partial charge in [-0.05, 0) is 117 Å². The zero-order valence-corrected chi connectivity index (χ0v) is 31.8. The fraction of sp³-hybridized carbons (Fsp3) is 0.208. The summed E-state index contributed by atoms with van der Waals surface area (Å²) in [6.07, 6.45) is 5.94. The van der Waals surface area contributed by atoms with E-state index in [2.05, 4.69) is 202 Å². The largest absolute Gasteiger partial charge is 0.310 e. The van der Waals surface area contributed by atoms with E-state index in [1.807, 2.05) is 0 Å². The Bertz CT molecular complexity index is 2350. The minimum atomic E-state index is -0.258. The second kappa shape index (κ2) is 14.0. The molecule has 0 N–H and O–H groups in total. The first-order valence-electron chi connectivity index (χ1n) is 19.9. The van der Waals surface area contributed by atoms with Gasteiger partial charge in [-0.3, -0.25) is 0 Å². The number of nitrogens with zero attached hydrogens (tertiary/aromatic N) is 1. The summed E-state index contributed by atoms with van der Waals surface area (Å²) < 4.78 is 0. The Kier molecular flexibility index (Phi) is 8.82. The van der Waals surface area contributed by atoms with Gasteiger partial charge in [0.2, 0.25) is 0 Å². The van der Waals surface area contributed by atoms with Gasteiger partial charge in [-0.15, -0.1) is 0 Å². The van der Waals surface area contributed by atoms with Gasteiger partial charge in [0.1, 0.15) is 0 Å². The van der Waals surface area contributed by atoms with Crippen LogP contribution in [0.1, 0.15) is 79.8 Å². The van der Waals surface area contributed by atoms with E-state index in [0.29, 0.717) is 5.92 Å². The summed E-state index contributed by atoms with van der Waals surface area (Å²) in [7, 11) is 0. The lowest BCUT2D eigenvalue weighted by Gasteiger charge is -2.43. The summed E-state index contributed by atoms with van der Waals surface area (Å²) in [6.45, 7) is 7.25. The van der Waals surface area contributed by atoms with Crippen LogP contribution >= 0.6 is 0 Å². The molecule has 1 atom stereocenters. The third-order valence-electron chi connectivity index (χ3n) is 12.6. The third kappa shape index (κ3) is 5.69. The summed E-state index contributed by atoms with van der Waals surface area (Å²) >= 11 is 0. The maximum Gasteiger partial charge on any atom is 0.0479 e. The van der Waals surface area contributed by atoms with Crippen LogP contribution in [0.25, 0.3) is 22.3 Å². The molecule has 0 spiro atoms. The van der Waals surface area contributed by atoms with E-state index in [9.17, 15) is 0 Å². The quantitative estimate of drug-likeness (QED) is 0.167. The molecule has 54 heavy (non-hydrogen) atoms. The van der Waals surface area contributed by atoms with Crippen molar-refractivity contribution in [3.8, 4) is 22.3 Å². The average molecular weight is 700 g/mol. The van der Waals surface area contributed by atoms with Crippen molar-refractivity contribution in [1.29, 1.82) is 0 Å². The Morgan fingerprint density at radius 3 is 1.72 bits per heavy atom. The highest BCUT2D eigenvalue weighted by molar-refractivity contribution is 5.86. The van der Waals surface area contributed by atoms with Crippen LogP contribution in [0.5, 0.6) is 0 Å². The standard InChI is InChI=1S/C53H49N/c1-38-18-8-4-11-21-41-36-45(33-35-49(41)53(38,42-22-12-6-13-23-42)43-24-14-7-15-25-43)54(44-30-28-40(29-31-44)39-19-9-5-10-20-39)46-32-34-48-47-26-16-17-27-50(47)52(2,3)51(48)37-46/h5-7,9-10,12-17,19-20,22-38H,4,8,11,18,21H2,1-3H3. The molecule has 266 valence electrons. The van der Waals surface area contributed by atoms with Crippen LogP contribution in [-0.2, 0) is 17.3 Å². The first-order chi connectivity index (χ1) is 26.5. The number of hydrogen-bond acceptors (Lipinski definition) is 1. The SMILES string of the molecule is CC1CCCCCc2cc(N(c3ccc(-c4ccccc4)cc3)c3ccc4c(c3)C(C)(C)c3ccccc3-4)ccc2C1(c1ccccc1)c1ccccc1. The van der Waals surface area contributed by atoms with E-state index >= 15 is 0 Å². The lowest BCUT2D eigenvalue weighted by atomic mass is 9.60. The molecule has 0 heterocycles. The molecule has 0 amide bonds. The predicted octanol–water partition coefficient (Wildman–Crippen LogP) is 14.2. The highest BCUT2D eigenvalue weighted by Gasteiger charge is 2.43. The van der Waals surface area contributed by atoms with Crippen LogP contribution in [-0.4, -0.2) is 0 Å². The molecule has 0 aromatic heterocycles. The first kappa shape index (κ1) is 34.1. The van der Waals surface area contributed by atoms with E-state index in [0.717, 1.165) is 12.1 Å². The minimum absolute atomic E-state index is 0.0872. The fourth-order valence-corrected chi connectivity index (χ4v) is 9.90. The molecule has 9 rings (SSSR count). The molecule has 0 saturated carbocycles. The number of benzene rings is 7. The second-order valence-corrected chi connectivity index (χ2v) is 16.0. The lowest BCUT2D eigenvalue weighted by molar-refractivity contribution is 0.368. The highest BCUT2D eigenvalue weighted by Crippen LogP contribution is 2.52. The number of rotatable bonds is 6. The van der Waals surface area contributed by atoms with Gasteiger partial charge in [0.15, 0.2) is 0 Å². The van der Waals surface area contributed by atoms with Gasteiger partial charge in [0.25, 0.3) is 0 Å². The molecule has 1 nitrogen and oxygen atoms in total. The predicted molar refractivity (Wildman–Crippen MR) is 228 cm³/mol. The Labute approximate surface area is 322 Å². The molecule has 2 aliphatic carbocycles. The van der Waals surface area contributed by atoms with Crippen molar-refractivity contribution in [2.45, 2.75) is 63.7 Å². The first-order valence-corrected chi connectivity index (χ1v) is 19.9. The van der Waals surface area contributed by atoms with Gasteiger partial charge < -0.3 is 4.90 Å². The molecular formula is C53H49N. The van der Waals surface area contributed by atoms with Crippen molar-refractivity contribution in [3.05, 3.63) is 209 Å². The topological polar surface area (TPSA) is 3.24 Å². The van der Waals surface area contributed by atoms with Crippen molar-refractivity contribution >= 4 is 17.1 Å². The van der Waals surface area contributed by atoms with Crippen molar-refractivity contribution < 1.29 is 0 Å². The molecule has 7 aromatic rings. The van der Waals surface area contributed by atoms with E-state index in [1.54, 1.807) is 0 Å². The molecule has 0 bridgehead atoms. The maximum absolute atomic E-state index is 2.53. The zero-order valence-electron chi connectivity index (χ0n) is 31.8. The molecule has 0 saturated heterocycles. The lowest BCUT2D eigenvalue weighted by Crippen LogP contribution is -2.37. The highest BCUT2D eigenvalue weighted by atomic mass is 15.1. The van der Waals surface area contributed by atoms with Crippen molar-refractivity contribution in [2.75, 3.05) is 4.90 Å². The second-order valence-electron chi connectivity index (χ2n) is 16.0. The van der Waals surface area contributed by atoms with Crippen LogP contribution < -0.4 is 4.90 Å². The van der Waals surface area contributed by atoms with Crippen molar-refractivity contribution in [3.63, 3.8) is 0 Å². The van der Waals surface area contributed by atoms with Gasteiger partial charge in [-0.2, -0.15) is 0 Å². The van der Waals surface area contributed by atoms with Gasteiger partial charge in [0, 0.05) is 27.9 Å². The van der Waals surface area contributed by atoms with E-state index < -0.39 is 0 Å². The van der Waals surface area contributed by atoms with Crippen molar-refractivity contribution in [1.82, 2.24) is 0 Å². The zero-order chi connectivity index (χ0) is 36.7. The fourth-order valence-electron chi connectivity index (χ4n) is 9.90. The van der Waals surface area contributed by atoms with Crippen LogP contribution in [0.4, 0.5) is 17.1 Å². The van der Waals surface area contributed by atoms with Gasteiger partial charge >= 0.3 is 0 Å². The molecule has 0 aliphatic heterocycles. The van der Waals surface area contributed by atoms with Crippen molar-refractivity contribution in [2.24, 2.45) is 5.92 Å². The van der Waals surface area contributed by atoms with Crippen LogP contribution in [0, 0.1) is 5.92 Å². The van der Waals surface area contributed by atoms with E-state index in [-0.39, 0.29) is 10.8 Å². The summed E-state index contributed by atoms with van der Waals surface area (Å²) in [5.41, 5.74) is 16.8. The van der Waals surface area contributed by atoms with E-state index in [1.165, 1.54) is 92.7 Å². The summed E-state index contributed by atoms with van der Waals surface area (Å²) in [6, 6.07) is 66.1. The maximum atomic E-state index is 2.53. The summed E-state index contributed by atoms with van der Waals surface area (Å²) in [4.78, 5) is 2.50. The Morgan fingerprint density at radius 2 is 1.02 bits per heavy atom.